The quantitative estimate of drug-likeness (QED) is 0.794. The number of hydrogen-bond donors (Lipinski definition) is 0. The van der Waals surface area contributed by atoms with Gasteiger partial charge in [-0.05, 0) is 52.2 Å². The van der Waals surface area contributed by atoms with Gasteiger partial charge in [0.15, 0.2) is 11.0 Å². The summed E-state index contributed by atoms with van der Waals surface area (Å²) < 4.78 is 22.9. The van der Waals surface area contributed by atoms with Crippen molar-refractivity contribution in [2.75, 3.05) is 0 Å². The minimum Gasteiger partial charge on any atom is -0.469 e. The maximum Gasteiger partial charge on any atom is 0.230 e. The third-order valence-corrected chi connectivity index (χ3v) is 6.59. The Balaban J connectivity index is 2.01. The largest absolute Gasteiger partial charge is 0.469 e. The molecule has 1 heterocycles. The van der Waals surface area contributed by atoms with E-state index in [1.807, 2.05) is 31.2 Å². The summed E-state index contributed by atoms with van der Waals surface area (Å²) in [6.45, 7) is 6.19. The average molecular weight is 291 g/mol. The highest BCUT2D eigenvalue weighted by Gasteiger charge is 2.56. The SMILES string of the molecule is Cc1ccc(C2=NS(=O)C3(C)CCCCC3(C)O2)cc1. The molecule has 2 aliphatic rings. The first-order valence-corrected chi connectivity index (χ1v) is 8.32. The first-order chi connectivity index (χ1) is 9.45. The summed E-state index contributed by atoms with van der Waals surface area (Å²) in [6.07, 6.45) is 4.10. The number of ether oxygens (including phenoxy) is 1. The number of benzene rings is 1. The molecular formula is C16H21NO2S. The summed E-state index contributed by atoms with van der Waals surface area (Å²) in [5.74, 6) is 0.533. The minimum absolute atomic E-state index is 0.362. The Morgan fingerprint density at radius 1 is 1.15 bits per heavy atom. The van der Waals surface area contributed by atoms with Crippen LogP contribution >= 0.6 is 0 Å². The number of aryl methyl sites for hydroxylation is 1. The zero-order chi connectivity index (χ0) is 14.4. The van der Waals surface area contributed by atoms with Crippen molar-refractivity contribution in [3.63, 3.8) is 0 Å². The molecule has 4 heteroatoms. The van der Waals surface area contributed by atoms with Gasteiger partial charge in [0.05, 0.1) is 0 Å². The van der Waals surface area contributed by atoms with Crippen LogP contribution < -0.4 is 0 Å². The van der Waals surface area contributed by atoms with Gasteiger partial charge in [0, 0.05) is 5.56 Å². The summed E-state index contributed by atoms with van der Waals surface area (Å²) in [5.41, 5.74) is 1.73. The third kappa shape index (κ3) is 2.01. The van der Waals surface area contributed by atoms with Crippen LogP contribution in [0, 0.1) is 6.92 Å². The van der Waals surface area contributed by atoms with Gasteiger partial charge < -0.3 is 4.74 Å². The zero-order valence-electron chi connectivity index (χ0n) is 12.3. The van der Waals surface area contributed by atoms with E-state index in [2.05, 4.69) is 18.2 Å². The van der Waals surface area contributed by atoms with Gasteiger partial charge >= 0.3 is 0 Å². The van der Waals surface area contributed by atoms with Crippen molar-refractivity contribution in [3.05, 3.63) is 35.4 Å². The Bertz CT molecular complexity index is 581. The molecule has 0 radical (unpaired) electrons. The van der Waals surface area contributed by atoms with Crippen molar-refractivity contribution >= 4 is 16.9 Å². The molecule has 1 aromatic carbocycles. The smallest absolute Gasteiger partial charge is 0.230 e. The molecule has 1 fully saturated rings. The molecule has 3 rings (SSSR count). The standard InChI is InChI=1S/C16H21NO2S/c1-12-6-8-13(9-7-12)14-17-20(18)16(3)11-5-4-10-15(16,2)19-14/h6-9H,4-5,10-11H2,1-3H3. The van der Waals surface area contributed by atoms with Crippen molar-refractivity contribution in [3.8, 4) is 0 Å². The first kappa shape index (κ1) is 13.8. The number of hydrogen-bond acceptors (Lipinski definition) is 2. The van der Waals surface area contributed by atoms with Crippen LogP contribution in [0.3, 0.4) is 0 Å². The Morgan fingerprint density at radius 3 is 2.50 bits per heavy atom. The van der Waals surface area contributed by atoms with Gasteiger partial charge in [0.25, 0.3) is 0 Å². The van der Waals surface area contributed by atoms with E-state index in [-0.39, 0.29) is 10.3 Å². The van der Waals surface area contributed by atoms with Crippen molar-refractivity contribution in [2.24, 2.45) is 4.40 Å². The van der Waals surface area contributed by atoms with Gasteiger partial charge in [0.1, 0.15) is 10.3 Å². The second-order valence-electron chi connectivity index (χ2n) is 6.28. The lowest BCUT2D eigenvalue weighted by Gasteiger charge is -2.49. The second-order valence-corrected chi connectivity index (χ2v) is 7.86. The molecule has 0 bridgehead atoms. The van der Waals surface area contributed by atoms with Crippen LogP contribution in [0.15, 0.2) is 28.7 Å². The second kappa shape index (κ2) is 4.69. The summed E-state index contributed by atoms with van der Waals surface area (Å²) in [6, 6.07) is 8.03. The van der Waals surface area contributed by atoms with E-state index in [0.717, 1.165) is 31.2 Å². The van der Waals surface area contributed by atoms with E-state index in [9.17, 15) is 4.21 Å². The van der Waals surface area contributed by atoms with Gasteiger partial charge in [-0.15, -0.1) is 4.40 Å². The molecule has 1 saturated carbocycles. The Labute approximate surface area is 123 Å². The molecule has 1 aliphatic heterocycles. The van der Waals surface area contributed by atoms with E-state index in [1.54, 1.807) is 0 Å². The lowest BCUT2D eigenvalue weighted by molar-refractivity contribution is 0.00227. The van der Waals surface area contributed by atoms with Crippen molar-refractivity contribution in [1.82, 2.24) is 0 Å². The van der Waals surface area contributed by atoms with Crippen molar-refractivity contribution in [2.45, 2.75) is 56.8 Å². The predicted octanol–water partition coefficient (Wildman–Crippen LogP) is 3.53. The van der Waals surface area contributed by atoms with Crippen molar-refractivity contribution in [1.29, 1.82) is 0 Å². The summed E-state index contributed by atoms with van der Waals surface area (Å²) >= 11 is 0. The van der Waals surface area contributed by atoms with E-state index in [4.69, 9.17) is 4.74 Å². The fourth-order valence-corrected chi connectivity index (χ4v) is 4.43. The molecule has 0 amide bonds. The molecule has 0 saturated heterocycles. The van der Waals surface area contributed by atoms with Gasteiger partial charge in [0.2, 0.25) is 5.90 Å². The molecule has 1 aliphatic carbocycles. The van der Waals surface area contributed by atoms with Crippen LogP contribution in [0.2, 0.25) is 0 Å². The number of rotatable bonds is 1. The van der Waals surface area contributed by atoms with E-state index < -0.39 is 11.0 Å². The zero-order valence-corrected chi connectivity index (χ0v) is 13.1. The molecule has 0 spiro atoms. The van der Waals surface area contributed by atoms with Crippen LogP contribution in [-0.4, -0.2) is 20.5 Å². The fraction of sp³-hybridized carbons (Fsp3) is 0.562. The molecular weight excluding hydrogens is 270 g/mol. The minimum atomic E-state index is -1.23. The van der Waals surface area contributed by atoms with E-state index in [1.165, 1.54) is 5.56 Å². The molecule has 3 unspecified atom stereocenters. The molecule has 0 aromatic heterocycles. The molecule has 3 nitrogen and oxygen atoms in total. The molecule has 3 atom stereocenters. The lowest BCUT2D eigenvalue weighted by atomic mass is 9.76. The first-order valence-electron chi connectivity index (χ1n) is 7.21. The van der Waals surface area contributed by atoms with Crippen LogP contribution in [0.4, 0.5) is 0 Å². The van der Waals surface area contributed by atoms with Crippen molar-refractivity contribution < 1.29 is 8.95 Å². The fourth-order valence-electron chi connectivity index (χ4n) is 3.10. The highest BCUT2D eigenvalue weighted by molar-refractivity contribution is 7.85. The van der Waals surface area contributed by atoms with Crippen LogP contribution in [0.5, 0.6) is 0 Å². The third-order valence-electron chi connectivity index (χ3n) is 4.85. The molecule has 1 aromatic rings. The van der Waals surface area contributed by atoms with Crippen LogP contribution in [-0.2, 0) is 15.7 Å². The van der Waals surface area contributed by atoms with Gasteiger partial charge in [-0.1, -0.05) is 24.1 Å². The monoisotopic (exact) mass is 291 g/mol. The number of fused-ring (bicyclic) bond motifs is 1. The van der Waals surface area contributed by atoms with Gasteiger partial charge in [-0.3, -0.25) is 0 Å². The van der Waals surface area contributed by atoms with E-state index >= 15 is 0 Å². The van der Waals surface area contributed by atoms with Crippen LogP contribution in [0.1, 0.15) is 50.7 Å². The summed E-state index contributed by atoms with van der Waals surface area (Å²) in [7, 11) is -1.23. The average Bonchev–Trinajstić information content (AvgIpc) is 2.41. The van der Waals surface area contributed by atoms with Gasteiger partial charge in [-0.25, -0.2) is 4.21 Å². The molecule has 0 N–H and O–H groups in total. The molecule has 20 heavy (non-hydrogen) atoms. The molecule has 108 valence electrons. The highest BCUT2D eigenvalue weighted by atomic mass is 32.2. The topological polar surface area (TPSA) is 38.7 Å². The normalized spacial score (nSPS) is 36.8. The highest BCUT2D eigenvalue weighted by Crippen LogP contribution is 2.46. The number of nitrogens with zero attached hydrogens (tertiary/aromatic N) is 1. The Hall–Kier alpha value is -1.16. The Morgan fingerprint density at radius 2 is 1.80 bits per heavy atom. The van der Waals surface area contributed by atoms with Gasteiger partial charge in [-0.2, -0.15) is 0 Å². The van der Waals surface area contributed by atoms with Crippen LogP contribution in [0.25, 0.3) is 0 Å². The van der Waals surface area contributed by atoms with E-state index in [0.29, 0.717) is 5.90 Å². The maximum absolute atomic E-state index is 12.6. The Kier molecular flexibility index (Phi) is 3.24. The summed E-state index contributed by atoms with van der Waals surface area (Å²) in [4.78, 5) is 0. The predicted molar refractivity (Wildman–Crippen MR) is 82.2 cm³/mol. The lowest BCUT2D eigenvalue weighted by Crippen LogP contribution is -2.59. The maximum atomic E-state index is 12.6. The summed E-state index contributed by atoms with van der Waals surface area (Å²) in [5, 5.41) is 0.